The average molecular weight is 310 g/mol. The summed E-state index contributed by atoms with van der Waals surface area (Å²) >= 11 is 7.39. The largest absolute Gasteiger partial charge is 0.387 e. The molecular weight excluding hydrogens is 294 g/mol. The van der Waals surface area contributed by atoms with Gasteiger partial charge >= 0.3 is 0 Å². The van der Waals surface area contributed by atoms with Crippen LogP contribution < -0.4 is 5.32 Å². The number of carbonyl (C=O) groups excluding carboxylic acids is 1. The van der Waals surface area contributed by atoms with E-state index in [2.05, 4.69) is 5.32 Å². The molecule has 5 heteroatoms. The SMILES string of the molecule is Cc1cc(C(=O)NCC(O)c2ccc(Cl)cc2)c(C)s1. The lowest BCUT2D eigenvalue weighted by Gasteiger charge is -2.12. The van der Waals surface area contributed by atoms with Gasteiger partial charge in [-0.25, -0.2) is 0 Å². The van der Waals surface area contributed by atoms with E-state index < -0.39 is 6.10 Å². The standard InChI is InChI=1S/C15H16ClNO2S/c1-9-7-13(10(2)20-9)15(19)17-8-14(18)11-3-5-12(16)6-4-11/h3-7,14,18H,8H2,1-2H3,(H,17,19). The predicted molar refractivity (Wildman–Crippen MR) is 82.5 cm³/mol. The molecule has 20 heavy (non-hydrogen) atoms. The zero-order valence-electron chi connectivity index (χ0n) is 11.3. The van der Waals surface area contributed by atoms with Crippen LogP contribution in [0.2, 0.25) is 5.02 Å². The number of aryl methyl sites for hydroxylation is 2. The first-order chi connectivity index (χ1) is 9.47. The van der Waals surface area contributed by atoms with E-state index in [-0.39, 0.29) is 12.5 Å². The van der Waals surface area contributed by atoms with Crippen LogP contribution in [-0.2, 0) is 0 Å². The number of aliphatic hydroxyl groups is 1. The molecule has 1 atom stereocenters. The third-order valence-electron chi connectivity index (χ3n) is 3.00. The molecule has 0 saturated carbocycles. The summed E-state index contributed by atoms with van der Waals surface area (Å²) in [4.78, 5) is 14.1. The van der Waals surface area contributed by atoms with Crippen molar-refractivity contribution in [2.24, 2.45) is 0 Å². The maximum Gasteiger partial charge on any atom is 0.252 e. The van der Waals surface area contributed by atoms with E-state index in [0.29, 0.717) is 10.6 Å². The van der Waals surface area contributed by atoms with Crippen LogP contribution in [0.3, 0.4) is 0 Å². The lowest BCUT2D eigenvalue weighted by molar-refractivity contribution is 0.0916. The third kappa shape index (κ3) is 3.60. The zero-order chi connectivity index (χ0) is 14.7. The van der Waals surface area contributed by atoms with Gasteiger partial charge in [0.1, 0.15) is 0 Å². The number of thiophene rings is 1. The third-order valence-corrected chi connectivity index (χ3v) is 4.21. The quantitative estimate of drug-likeness (QED) is 0.908. The molecule has 1 heterocycles. The fourth-order valence-corrected chi connectivity index (χ4v) is 2.99. The first-order valence-electron chi connectivity index (χ1n) is 6.26. The van der Waals surface area contributed by atoms with Crippen molar-refractivity contribution in [2.45, 2.75) is 20.0 Å². The molecule has 1 aromatic carbocycles. The van der Waals surface area contributed by atoms with Gasteiger partial charge in [0.15, 0.2) is 0 Å². The summed E-state index contributed by atoms with van der Waals surface area (Å²) in [6.45, 7) is 4.06. The Hall–Kier alpha value is -1.36. The van der Waals surface area contributed by atoms with E-state index in [1.54, 1.807) is 35.6 Å². The second-order valence-electron chi connectivity index (χ2n) is 4.60. The summed E-state index contributed by atoms with van der Waals surface area (Å²) in [6, 6.07) is 8.80. The molecule has 2 N–H and O–H groups in total. The second kappa shape index (κ2) is 6.39. The Kier molecular flexibility index (Phi) is 4.81. The van der Waals surface area contributed by atoms with Gasteiger partial charge in [0.05, 0.1) is 11.7 Å². The highest BCUT2D eigenvalue weighted by Gasteiger charge is 2.14. The molecule has 1 aromatic heterocycles. The lowest BCUT2D eigenvalue weighted by atomic mass is 10.1. The molecule has 0 aliphatic carbocycles. The minimum Gasteiger partial charge on any atom is -0.387 e. The smallest absolute Gasteiger partial charge is 0.252 e. The van der Waals surface area contributed by atoms with Crippen molar-refractivity contribution in [3.05, 3.63) is 56.2 Å². The van der Waals surface area contributed by atoms with Crippen LogP contribution in [0.1, 0.15) is 31.8 Å². The number of amides is 1. The van der Waals surface area contributed by atoms with Crippen LogP contribution in [0.5, 0.6) is 0 Å². The Balaban J connectivity index is 1.96. The van der Waals surface area contributed by atoms with Crippen LogP contribution in [-0.4, -0.2) is 17.6 Å². The monoisotopic (exact) mass is 309 g/mol. The average Bonchev–Trinajstić information content (AvgIpc) is 2.75. The van der Waals surface area contributed by atoms with Gasteiger partial charge in [0, 0.05) is 21.3 Å². The normalized spacial score (nSPS) is 12.2. The number of rotatable bonds is 4. The molecule has 0 bridgehead atoms. The summed E-state index contributed by atoms with van der Waals surface area (Å²) in [6.07, 6.45) is -0.740. The van der Waals surface area contributed by atoms with Crippen molar-refractivity contribution in [1.82, 2.24) is 5.32 Å². The van der Waals surface area contributed by atoms with Crippen LogP contribution in [0.15, 0.2) is 30.3 Å². The van der Waals surface area contributed by atoms with Crippen molar-refractivity contribution in [3.63, 3.8) is 0 Å². The molecule has 0 aliphatic rings. The molecule has 3 nitrogen and oxygen atoms in total. The fraction of sp³-hybridized carbons (Fsp3) is 0.267. The molecule has 2 rings (SSSR count). The summed E-state index contributed by atoms with van der Waals surface area (Å²) in [5.74, 6) is -0.153. The molecule has 0 radical (unpaired) electrons. The van der Waals surface area contributed by atoms with Gasteiger partial charge in [-0.05, 0) is 37.6 Å². The van der Waals surface area contributed by atoms with Crippen molar-refractivity contribution in [1.29, 1.82) is 0 Å². The first-order valence-corrected chi connectivity index (χ1v) is 7.45. The lowest BCUT2D eigenvalue weighted by Crippen LogP contribution is -2.28. The van der Waals surface area contributed by atoms with Gasteiger partial charge < -0.3 is 10.4 Å². The number of aliphatic hydroxyl groups excluding tert-OH is 1. The summed E-state index contributed by atoms with van der Waals surface area (Å²) in [7, 11) is 0. The number of carbonyl (C=O) groups is 1. The van der Waals surface area contributed by atoms with Crippen molar-refractivity contribution in [2.75, 3.05) is 6.54 Å². The molecule has 0 aliphatic heterocycles. The maximum atomic E-state index is 12.0. The molecule has 1 amide bonds. The molecule has 106 valence electrons. The number of hydrogen-bond acceptors (Lipinski definition) is 3. The zero-order valence-corrected chi connectivity index (χ0v) is 12.9. The van der Waals surface area contributed by atoms with Gasteiger partial charge in [-0.2, -0.15) is 0 Å². The van der Waals surface area contributed by atoms with E-state index in [9.17, 15) is 9.90 Å². The van der Waals surface area contributed by atoms with Crippen molar-refractivity contribution < 1.29 is 9.90 Å². The van der Waals surface area contributed by atoms with E-state index in [1.807, 2.05) is 19.9 Å². The van der Waals surface area contributed by atoms with Gasteiger partial charge in [-0.3, -0.25) is 4.79 Å². The fourth-order valence-electron chi connectivity index (χ4n) is 1.94. The Bertz CT molecular complexity index is 607. The Morgan fingerprint density at radius 2 is 2.00 bits per heavy atom. The van der Waals surface area contributed by atoms with Crippen LogP contribution in [0, 0.1) is 13.8 Å². The van der Waals surface area contributed by atoms with E-state index in [4.69, 9.17) is 11.6 Å². The predicted octanol–water partition coefficient (Wildman–Crippen LogP) is 3.48. The van der Waals surface area contributed by atoms with Gasteiger partial charge in [-0.15, -0.1) is 11.3 Å². The Labute approximate surface area is 127 Å². The highest BCUT2D eigenvalue weighted by Crippen LogP contribution is 2.21. The molecule has 0 spiro atoms. The van der Waals surface area contributed by atoms with Gasteiger partial charge in [0.2, 0.25) is 0 Å². The van der Waals surface area contributed by atoms with E-state index in [0.717, 1.165) is 15.3 Å². The molecule has 1 unspecified atom stereocenters. The van der Waals surface area contributed by atoms with E-state index >= 15 is 0 Å². The number of nitrogens with one attached hydrogen (secondary N) is 1. The van der Waals surface area contributed by atoms with Crippen molar-refractivity contribution >= 4 is 28.8 Å². The van der Waals surface area contributed by atoms with Crippen LogP contribution >= 0.6 is 22.9 Å². The summed E-state index contributed by atoms with van der Waals surface area (Å²) < 4.78 is 0. The highest BCUT2D eigenvalue weighted by atomic mass is 35.5. The van der Waals surface area contributed by atoms with Crippen LogP contribution in [0.4, 0.5) is 0 Å². The topological polar surface area (TPSA) is 49.3 Å². The molecule has 2 aromatic rings. The van der Waals surface area contributed by atoms with Crippen LogP contribution in [0.25, 0.3) is 0 Å². The summed E-state index contributed by atoms with van der Waals surface area (Å²) in [5.41, 5.74) is 1.41. The molecular formula is C15H16ClNO2S. The number of hydrogen-bond donors (Lipinski definition) is 2. The Morgan fingerprint density at radius 3 is 2.55 bits per heavy atom. The van der Waals surface area contributed by atoms with Gasteiger partial charge in [0.25, 0.3) is 5.91 Å². The number of halogens is 1. The van der Waals surface area contributed by atoms with E-state index in [1.165, 1.54) is 0 Å². The number of benzene rings is 1. The second-order valence-corrected chi connectivity index (χ2v) is 6.50. The van der Waals surface area contributed by atoms with Crippen molar-refractivity contribution in [3.8, 4) is 0 Å². The molecule has 0 saturated heterocycles. The maximum absolute atomic E-state index is 12.0. The summed E-state index contributed by atoms with van der Waals surface area (Å²) in [5, 5.41) is 13.4. The first kappa shape index (κ1) is 15.0. The molecule has 0 fully saturated rings. The Morgan fingerprint density at radius 1 is 1.35 bits per heavy atom. The van der Waals surface area contributed by atoms with Gasteiger partial charge in [-0.1, -0.05) is 23.7 Å². The highest BCUT2D eigenvalue weighted by molar-refractivity contribution is 7.12. The minimum absolute atomic E-state index is 0.153. The minimum atomic E-state index is -0.740.